The summed E-state index contributed by atoms with van der Waals surface area (Å²) in [5.41, 5.74) is 6.97. The minimum atomic E-state index is -0.419. The molecule has 0 saturated carbocycles. The molecule has 0 bridgehead atoms. The molecule has 0 saturated heterocycles. The number of amides is 1. The second-order valence-corrected chi connectivity index (χ2v) is 5.73. The van der Waals surface area contributed by atoms with E-state index in [-0.39, 0.29) is 18.3 Å². The van der Waals surface area contributed by atoms with Crippen LogP contribution in [0.15, 0.2) is 42.5 Å². The number of benzene rings is 2. The maximum Gasteiger partial charge on any atom is 0.237 e. The van der Waals surface area contributed by atoms with Crippen LogP contribution in [0.3, 0.4) is 0 Å². The lowest BCUT2D eigenvalue weighted by Gasteiger charge is -2.12. The Morgan fingerprint density at radius 1 is 1.24 bits per heavy atom. The Hall–Kier alpha value is -1.23. The average molecular weight is 325 g/mol. The number of carbonyl (C=O) groups excluding carboxylic acids is 1. The van der Waals surface area contributed by atoms with Gasteiger partial charge in [0.25, 0.3) is 0 Å². The Bertz CT molecular complexity index is 586. The van der Waals surface area contributed by atoms with Gasteiger partial charge in [-0.2, -0.15) is 11.8 Å². The predicted octanol–water partition coefficient (Wildman–Crippen LogP) is 2.96. The van der Waals surface area contributed by atoms with Crippen LogP contribution < -0.4 is 11.1 Å². The molecule has 1 amide bonds. The summed E-state index contributed by atoms with van der Waals surface area (Å²) < 4.78 is 0. The van der Waals surface area contributed by atoms with Gasteiger partial charge in [-0.1, -0.05) is 42.5 Å². The lowest BCUT2D eigenvalue weighted by molar-refractivity contribution is -0.122. The first-order valence-electron chi connectivity index (χ1n) is 6.71. The highest BCUT2D eigenvalue weighted by atomic mass is 35.5. The molecule has 3 nitrogen and oxygen atoms in total. The highest BCUT2D eigenvalue weighted by Gasteiger charge is 2.12. The molecular formula is C16H21ClN2OS. The number of carbonyl (C=O) groups is 1. The molecule has 0 aromatic heterocycles. The van der Waals surface area contributed by atoms with E-state index in [2.05, 4.69) is 23.5 Å². The molecule has 0 unspecified atom stereocenters. The van der Waals surface area contributed by atoms with Gasteiger partial charge in [-0.15, -0.1) is 12.4 Å². The lowest BCUT2D eigenvalue weighted by Crippen LogP contribution is -2.40. The van der Waals surface area contributed by atoms with E-state index in [1.807, 2.05) is 30.5 Å². The van der Waals surface area contributed by atoms with Crippen molar-refractivity contribution >= 4 is 40.8 Å². The van der Waals surface area contributed by atoms with E-state index in [0.717, 1.165) is 11.3 Å². The largest absolute Gasteiger partial charge is 0.351 e. The van der Waals surface area contributed by atoms with Gasteiger partial charge in [-0.25, -0.2) is 0 Å². The van der Waals surface area contributed by atoms with Gasteiger partial charge in [-0.3, -0.25) is 4.79 Å². The van der Waals surface area contributed by atoms with Crippen molar-refractivity contribution in [1.82, 2.24) is 5.32 Å². The van der Waals surface area contributed by atoms with Gasteiger partial charge < -0.3 is 11.1 Å². The van der Waals surface area contributed by atoms with E-state index in [4.69, 9.17) is 5.73 Å². The first kappa shape index (κ1) is 17.8. The summed E-state index contributed by atoms with van der Waals surface area (Å²) in [5, 5.41) is 5.29. The van der Waals surface area contributed by atoms with E-state index in [1.54, 1.807) is 11.8 Å². The lowest BCUT2D eigenvalue weighted by atomic mass is 10.0. The number of halogens is 1. The summed E-state index contributed by atoms with van der Waals surface area (Å²) in [4.78, 5) is 11.9. The Morgan fingerprint density at radius 2 is 1.95 bits per heavy atom. The summed E-state index contributed by atoms with van der Waals surface area (Å²) in [6.07, 6.45) is 2.73. The minimum Gasteiger partial charge on any atom is -0.351 e. The molecule has 0 fully saturated rings. The highest BCUT2D eigenvalue weighted by molar-refractivity contribution is 7.98. The zero-order chi connectivity index (χ0) is 14.4. The number of hydrogen-bond donors (Lipinski definition) is 2. The second-order valence-electron chi connectivity index (χ2n) is 4.74. The van der Waals surface area contributed by atoms with E-state index >= 15 is 0 Å². The van der Waals surface area contributed by atoms with Crippen LogP contribution in [0.4, 0.5) is 0 Å². The summed E-state index contributed by atoms with van der Waals surface area (Å²) in [7, 11) is 0. The third-order valence-corrected chi connectivity index (χ3v) is 3.95. The van der Waals surface area contributed by atoms with Crippen molar-refractivity contribution in [1.29, 1.82) is 0 Å². The van der Waals surface area contributed by atoms with Gasteiger partial charge in [0.05, 0.1) is 6.04 Å². The third-order valence-electron chi connectivity index (χ3n) is 3.30. The molecule has 0 spiro atoms. The van der Waals surface area contributed by atoms with Crippen LogP contribution in [0, 0.1) is 0 Å². The molecule has 5 heteroatoms. The molecular weight excluding hydrogens is 304 g/mol. The first-order chi connectivity index (χ1) is 9.72. The summed E-state index contributed by atoms with van der Waals surface area (Å²) >= 11 is 1.70. The summed E-state index contributed by atoms with van der Waals surface area (Å²) in [6, 6.07) is 13.9. The zero-order valence-corrected chi connectivity index (χ0v) is 13.7. The van der Waals surface area contributed by atoms with Crippen molar-refractivity contribution in [3.05, 3.63) is 48.0 Å². The van der Waals surface area contributed by atoms with Crippen molar-refractivity contribution in [3.8, 4) is 0 Å². The minimum absolute atomic E-state index is 0. The number of thioether (sulfide) groups is 1. The van der Waals surface area contributed by atoms with Crippen molar-refractivity contribution in [3.63, 3.8) is 0 Å². The topological polar surface area (TPSA) is 55.1 Å². The Kier molecular flexibility index (Phi) is 7.57. The predicted molar refractivity (Wildman–Crippen MR) is 94.0 cm³/mol. The van der Waals surface area contributed by atoms with E-state index < -0.39 is 6.04 Å². The quantitative estimate of drug-likeness (QED) is 0.859. The van der Waals surface area contributed by atoms with Crippen LogP contribution in [-0.2, 0) is 11.3 Å². The summed E-state index contributed by atoms with van der Waals surface area (Å²) in [6.45, 7) is 0.521. The molecule has 2 aromatic carbocycles. The monoisotopic (exact) mass is 324 g/mol. The molecule has 0 aliphatic heterocycles. The van der Waals surface area contributed by atoms with Crippen molar-refractivity contribution in [2.75, 3.05) is 12.0 Å². The van der Waals surface area contributed by atoms with Crippen molar-refractivity contribution in [2.24, 2.45) is 5.73 Å². The van der Waals surface area contributed by atoms with Crippen molar-refractivity contribution < 1.29 is 4.79 Å². The van der Waals surface area contributed by atoms with E-state index in [9.17, 15) is 4.79 Å². The first-order valence-corrected chi connectivity index (χ1v) is 8.10. The van der Waals surface area contributed by atoms with Gasteiger partial charge in [0.1, 0.15) is 0 Å². The van der Waals surface area contributed by atoms with Gasteiger partial charge in [-0.05, 0) is 34.8 Å². The Morgan fingerprint density at radius 3 is 2.71 bits per heavy atom. The van der Waals surface area contributed by atoms with Crippen LogP contribution >= 0.6 is 24.2 Å². The van der Waals surface area contributed by atoms with Gasteiger partial charge in [0.2, 0.25) is 5.91 Å². The fraction of sp³-hybridized carbons (Fsp3) is 0.312. The second kappa shape index (κ2) is 8.93. The van der Waals surface area contributed by atoms with Gasteiger partial charge >= 0.3 is 0 Å². The fourth-order valence-electron chi connectivity index (χ4n) is 2.14. The number of rotatable bonds is 6. The Labute approximate surface area is 136 Å². The number of nitrogens with two attached hydrogens (primary N) is 1. The molecule has 2 aromatic rings. The van der Waals surface area contributed by atoms with Crippen LogP contribution in [0.25, 0.3) is 10.8 Å². The maximum atomic E-state index is 11.9. The molecule has 3 N–H and O–H groups in total. The molecule has 0 radical (unpaired) electrons. The molecule has 0 aliphatic carbocycles. The normalized spacial score (nSPS) is 11.7. The SMILES string of the molecule is CSCC[C@H](N)C(=O)NCc1cccc2ccccc12.Cl. The van der Waals surface area contributed by atoms with Crippen LogP contribution in [-0.4, -0.2) is 24.0 Å². The molecule has 0 heterocycles. The van der Waals surface area contributed by atoms with Crippen LogP contribution in [0.5, 0.6) is 0 Å². The molecule has 0 aliphatic rings. The number of hydrogen-bond acceptors (Lipinski definition) is 3. The fourth-order valence-corrected chi connectivity index (χ4v) is 2.63. The van der Waals surface area contributed by atoms with Crippen molar-refractivity contribution in [2.45, 2.75) is 19.0 Å². The van der Waals surface area contributed by atoms with E-state index in [1.165, 1.54) is 10.8 Å². The Balaban J connectivity index is 0.00000220. The summed E-state index contributed by atoms with van der Waals surface area (Å²) in [5.74, 6) is 0.829. The van der Waals surface area contributed by atoms with E-state index in [0.29, 0.717) is 13.0 Å². The smallest absolute Gasteiger partial charge is 0.237 e. The van der Waals surface area contributed by atoms with Crippen LogP contribution in [0.1, 0.15) is 12.0 Å². The number of fused-ring (bicyclic) bond motifs is 1. The zero-order valence-electron chi connectivity index (χ0n) is 12.0. The maximum absolute atomic E-state index is 11.9. The highest BCUT2D eigenvalue weighted by Crippen LogP contribution is 2.18. The molecule has 114 valence electrons. The standard InChI is InChI=1S/C16H20N2OS.ClH/c1-20-10-9-15(17)16(19)18-11-13-7-4-6-12-5-2-3-8-14(12)13;/h2-8,15H,9-11,17H2,1H3,(H,18,19);1H/t15-;/m0./s1. The van der Waals surface area contributed by atoms with Crippen LogP contribution in [0.2, 0.25) is 0 Å². The average Bonchev–Trinajstić information content (AvgIpc) is 2.50. The molecule has 21 heavy (non-hydrogen) atoms. The number of nitrogens with one attached hydrogen (secondary N) is 1. The molecule has 1 atom stereocenters. The molecule has 2 rings (SSSR count). The van der Waals surface area contributed by atoms with Gasteiger partial charge in [0, 0.05) is 6.54 Å². The van der Waals surface area contributed by atoms with Gasteiger partial charge in [0.15, 0.2) is 0 Å². The third kappa shape index (κ3) is 4.92.